The van der Waals surface area contributed by atoms with E-state index in [9.17, 15) is 23.1 Å². The van der Waals surface area contributed by atoms with Crippen LogP contribution in [0.1, 0.15) is 12.5 Å². The van der Waals surface area contributed by atoms with E-state index in [0.717, 1.165) is 0 Å². The van der Waals surface area contributed by atoms with Crippen molar-refractivity contribution >= 4 is 16.9 Å². The molecule has 142 valence electrons. The van der Waals surface area contributed by atoms with Crippen LogP contribution in [0.3, 0.4) is 0 Å². The van der Waals surface area contributed by atoms with E-state index in [1.807, 2.05) is 6.92 Å². The lowest BCUT2D eigenvalue weighted by molar-refractivity contribution is -0.274. The number of hydrogen-bond donors (Lipinski definition) is 2. The van der Waals surface area contributed by atoms with Gasteiger partial charge in [-0.25, -0.2) is 0 Å². The number of carbonyl (C=O) groups is 1. The lowest BCUT2D eigenvalue weighted by Gasteiger charge is -2.09. The van der Waals surface area contributed by atoms with Gasteiger partial charge in [0.1, 0.15) is 11.5 Å². The summed E-state index contributed by atoms with van der Waals surface area (Å²) in [5.41, 5.74) is 2.07. The first-order chi connectivity index (χ1) is 12.8. The minimum atomic E-state index is -4.83. The molecule has 3 rings (SSSR count). The van der Waals surface area contributed by atoms with Crippen molar-refractivity contribution in [2.75, 3.05) is 6.61 Å². The Kier molecular flexibility index (Phi) is 4.98. The molecule has 0 aliphatic rings. The first-order valence-corrected chi connectivity index (χ1v) is 8.12. The molecule has 0 unspecified atom stereocenters. The Balaban J connectivity index is 2.14. The summed E-state index contributed by atoms with van der Waals surface area (Å²) < 4.78 is 46.9. The van der Waals surface area contributed by atoms with E-state index in [1.54, 1.807) is 24.3 Å². The van der Waals surface area contributed by atoms with Gasteiger partial charge in [0.05, 0.1) is 18.7 Å². The van der Waals surface area contributed by atoms with Gasteiger partial charge in [0.15, 0.2) is 0 Å². The molecule has 0 radical (unpaired) electrons. The molecule has 3 aromatic rings. The van der Waals surface area contributed by atoms with Crippen LogP contribution in [0.25, 0.3) is 22.2 Å². The van der Waals surface area contributed by atoms with Gasteiger partial charge in [-0.05, 0) is 42.8 Å². The zero-order valence-electron chi connectivity index (χ0n) is 14.3. The fourth-order valence-electron chi connectivity index (χ4n) is 2.91. The quantitative estimate of drug-likeness (QED) is 0.648. The Morgan fingerprint density at radius 3 is 2.59 bits per heavy atom. The van der Waals surface area contributed by atoms with Crippen molar-refractivity contribution < 1.29 is 32.5 Å². The fourth-order valence-corrected chi connectivity index (χ4v) is 2.91. The number of alkyl halides is 3. The number of carboxylic acids is 1. The molecule has 0 spiro atoms. The number of hydrogen-bond acceptors (Lipinski definition) is 3. The van der Waals surface area contributed by atoms with Crippen LogP contribution < -0.4 is 9.47 Å². The summed E-state index contributed by atoms with van der Waals surface area (Å²) in [5, 5.41) is 9.62. The third-order valence-corrected chi connectivity index (χ3v) is 3.87. The Morgan fingerprint density at radius 1 is 1.15 bits per heavy atom. The number of aromatic nitrogens is 1. The normalized spacial score (nSPS) is 11.6. The van der Waals surface area contributed by atoms with Crippen molar-refractivity contribution in [2.24, 2.45) is 0 Å². The number of benzene rings is 2. The van der Waals surface area contributed by atoms with Gasteiger partial charge in [0, 0.05) is 16.5 Å². The lowest BCUT2D eigenvalue weighted by atomic mass is 10.0. The maximum atomic E-state index is 12.5. The van der Waals surface area contributed by atoms with Crippen molar-refractivity contribution in [1.29, 1.82) is 0 Å². The van der Waals surface area contributed by atoms with E-state index in [0.29, 0.717) is 40.1 Å². The van der Waals surface area contributed by atoms with Crippen molar-refractivity contribution in [2.45, 2.75) is 19.7 Å². The van der Waals surface area contributed by atoms with Crippen molar-refractivity contribution in [3.8, 4) is 22.8 Å². The van der Waals surface area contributed by atoms with Gasteiger partial charge < -0.3 is 19.6 Å². The molecule has 0 saturated carbocycles. The summed E-state index contributed by atoms with van der Waals surface area (Å²) in [4.78, 5) is 14.4. The number of aliphatic carboxylic acids is 1. The predicted octanol–water partition coefficient (Wildman–Crippen LogP) is 4.76. The molecule has 0 atom stereocenters. The summed E-state index contributed by atoms with van der Waals surface area (Å²) in [5.74, 6) is -0.897. The minimum absolute atomic E-state index is 0.357. The molecule has 0 saturated heterocycles. The van der Waals surface area contributed by atoms with E-state index >= 15 is 0 Å². The maximum Gasteiger partial charge on any atom is 0.573 e. The number of rotatable bonds is 6. The highest BCUT2D eigenvalue weighted by atomic mass is 19.4. The topological polar surface area (TPSA) is 71.5 Å². The van der Waals surface area contributed by atoms with Crippen LogP contribution in [0, 0.1) is 0 Å². The number of ether oxygens (including phenoxy) is 2. The smallest absolute Gasteiger partial charge is 0.494 e. The van der Waals surface area contributed by atoms with E-state index in [4.69, 9.17) is 4.74 Å². The Labute approximate surface area is 152 Å². The first-order valence-electron chi connectivity index (χ1n) is 8.12. The van der Waals surface area contributed by atoms with E-state index < -0.39 is 18.1 Å². The third kappa shape index (κ3) is 4.33. The average molecular weight is 379 g/mol. The van der Waals surface area contributed by atoms with Crippen molar-refractivity contribution in [3.05, 3.63) is 48.0 Å². The Bertz CT molecular complexity index is 979. The number of H-pyrrole nitrogens is 1. The lowest BCUT2D eigenvalue weighted by Crippen LogP contribution is -2.17. The number of aromatic amines is 1. The molecule has 0 bridgehead atoms. The molecular weight excluding hydrogens is 363 g/mol. The second-order valence-corrected chi connectivity index (χ2v) is 5.77. The largest absolute Gasteiger partial charge is 0.573 e. The minimum Gasteiger partial charge on any atom is -0.494 e. The van der Waals surface area contributed by atoms with Crippen LogP contribution in [-0.2, 0) is 11.2 Å². The molecule has 0 aliphatic carbocycles. The molecule has 0 aliphatic heterocycles. The summed E-state index contributed by atoms with van der Waals surface area (Å²) in [7, 11) is 0. The molecule has 0 amide bonds. The Hall–Kier alpha value is -3.16. The second kappa shape index (κ2) is 7.22. The zero-order chi connectivity index (χ0) is 19.6. The summed E-state index contributed by atoms with van der Waals surface area (Å²) in [6.07, 6.45) is -5.19. The van der Waals surface area contributed by atoms with Gasteiger partial charge in [-0.15, -0.1) is 13.2 Å². The van der Waals surface area contributed by atoms with Gasteiger partial charge in [-0.1, -0.05) is 12.1 Å². The average Bonchev–Trinajstić information content (AvgIpc) is 2.91. The van der Waals surface area contributed by atoms with Crippen LogP contribution in [0.15, 0.2) is 42.5 Å². The van der Waals surface area contributed by atoms with Gasteiger partial charge in [0.2, 0.25) is 0 Å². The SMILES string of the molecule is CCOc1cccc(-c2[nH]c3ccc(OC(F)(F)F)cc3c2CC(=O)O)c1. The summed E-state index contributed by atoms with van der Waals surface area (Å²) in [6.45, 7) is 2.31. The van der Waals surface area contributed by atoms with Crippen LogP contribution in [-0.4, -0.2) is 29.0 Å². The summed E-state index contributed by atoms with van der Waals surface area (Å²) in [6, 6.07) is 10.8. The molecule has 2 N–H and O–H groups in total. The van der Waals surface area contributed by atoms with Crippen LogP contribution in [0.2, 0.25) is 0 Å². The number of halogens is 3. The standard InChI is InChI=1S/C19H16F3NO4/c1-2-26-12-5-3-4-11(8-12)18-15(10-17(24)25)14-9-13(27-19(20,21)22)6-7-16(14)23-18/h3-9,23H,2,10H2,1H3,(H,24,25). The van der Waals surface area contributed by atoms with Crippen LogP contribution in [0.5, 0.6) is 11.5 Å². The highest BCUT2D eigenvalue weighted by Gasteiger charge is 2.31. The summed E-state index contributed by atoms with van der Waals surface area (Å²) >= 11 is 0. The third-order valence-electron chi connectivity index (χ3n) is 3.87. The molecule has 2 aromatic carbocycles. The molecule has 5 nitrogen and oxygen atoms in total. The molecule has 1 heterocycles. The van der Waals surface area contributed by atoms with E-state index in [-0.39, 0.29) is 6.42 Å². The van der Waals surface area contributed by atoms with Crippen LogP contribution in [0.4, 0.5) is 13.2 Å². The van der Waals surface area contributed by atoms with E-state index in [2.05, 4.69) is 9.72 Å². The van der Waals surface area contributed by atoms with Gasteiger partial charge in [-0.3, -0.25) is 4.79 Å². The van der Waals surface area contributed by atoms with Crippen LogP contribution >= 0.6 is 0 Å². The second-order valence-electron chi connectivity index (χ2n) is 5.77. The van der Waals surface area contributed by atoms with Gasteiger partial charge in [-0.2, -0.15) is 0 Å². The van der Waals surface area contributed by atoms with E-state index in [1.165, 1.54) is 18.2 Å². The predicted molar refractivity (Wildman–Crippen MR) is 92.9 cm³/mol. The highest BCUT2D eigenvalue weighted by Crippen LogP contribution is 2.35. The van der Waals surface area contributed by atoms with Crippen molar-refractivity contribution in [1.82, 2.24) is 4.98 Å². The monoisotopic (exact) mass is 379 g/mol. The molecule has 27 heavy (non-hydrogen) atoms. The first kappa shape index (κ1) is 18.6. The molecule has 1 aromatic heterocycles. The number of fused-ring (bicyclic) bond motifs is 1. The fraction of sp³-hybridized carbons (Fsp3) is 0.211. The molecule has 8 heteroatoms. The number of carboxylic acid groups (broad SMARTS) is 1. The van der Waals surface area contributed by atoms with Gasteiger partial charge in [0.25, 0.3) is 0 Å². The van der Waals surface area contributed by atoms with Crippen molar-refractivity contribution in [3.63, 3.8) is 0 Å². The zero-order valence-corrected chi connectivity index (χ0v) is 14.3. The Morgan fingerprint density at radius 2 is 1.93 bits per heavy atom. The highest BCUT2D eigenvalue weighted by molar-refractivity contribution is 5.94. The maximum absolute atomic E-state index is 12.5. The molecular formula is C19H16F3NO4. The molecule has 0 fully saturated rings. The van der Waals surface area contributed by atoms with Gasteiger partial charge >= 0.3 is 12.3 Å². The number of nitrogens with one attached hydrogen (secondary N) is 1.